The van der Waals surface area contributed by atoms with E-state index in [1.165, 1.54) is 12.8 Å². The lowest BCUT2D eigenvalue weighted by atomic mass is 10.1. The molecule has 1 atom stereocenters. The fraction of sp³-hybridized carbons (Fsp3) is 0.688. The van der Waals surface area contributed by atoms with E-state index in [4.69, 9.17) is 4.98 Å². The van der Waals surface area contributed by atoms with E-state index >= 15 is 0 Å². The highest BCUT2D eigenvalue weighted by atomic mass is 16.2. The Kier molecular flexibility index (Phi) is 3.80. The first-order chi connectivity index (χ1) is 11.2. The van der Waals surface area contributed by atoms with E-state index in [2.05, 4.69) is 25.0 Å². The van der Waals surface area contributed by atoms with Crippen molar-refractivity contribution in [1.29, 1.82) is 0 Å². The summed E-state index contributed by atoms with van der Waals surface area (Å²) < 4.78 is 0. The lowest BCUT2D eigenvalue weighted by molar-refractivity contribution is -0.129. The second-order valence-corrected chi connectivity index (χ2v) is 6.65. The summed E-state index contributed by atoms with van der Waals surface area (Å²) >= 11 is 0. The molecule has 23 heavy (non-hydrogen) atoms. The number of carbonyl (C=O) groups is 1. The molecule has 7 heteroatoms. The van der Waals surface area contributed by atoms with E-state index in [1.807, 2.05) is 13.0 Å². The average molecular weight is 316 g/mol. The van der Waals surface area contributed by atoms with Gasteiger partial charge in [-0.1, -0.05) is 0 Å². The van der Waals surface area contributed by atoms with Crippen molar-refractivity contribution in [2.45, 2.75) is 25.8 Å². The molecule has 3 saturated heterocycles. The maximum absolute atomic E-state index is 12.1. The van der Waals surface area contributed by atoms with Crippen LogP contribution in [-0.2, 0) is 4.79 Å². The van der Waals surface area contributed by atoms with Gasteiger partial charge in [-0.15, -0.1) is 0 Å². The molecule has 4 rings (SSSR count). The number of anilines is 2. The Bertz CT molecular complexity index is 600. The quantitative estimate of drug-likeness (QED) is 0.829. The monoisotopic (exact) mass is 316 g/mol. The van der Waals surface area contributed by atoms with Crippen molar-refractivity contribution in [3.8, 4) is 0 Å². The van der Waals surface area contributed by atoms with E-state index in [9.17, 15) is 4.79 Å². The van der Waals surface area contributed by atoms with Crippen molar-refractivity contribution in [2.75, 3.05) is 55.6 Å². The number of rotatable bonds is 2. The Morgan fingerprint density at radius 2 is 1.91 bits per heavy atom. The number of amides is 1. The molecule has 1 amide bonds. The number of carbonyl (C=O) groups excluding carboxylic acids is 1. The van der Waals surface area contributed by atoms with Gasteiger partial charge in [0.05, 0.1) is 0 Å². The molecule has 3 aliphatic rings. The van der Waals surface area contributed by atoms with Crippen molar-refractivity contribution in [3.05, 3.63) is 11.8 Å². The second kappa shape index (κ2) is 5.96. The van der Waals surface area contributed by atoms with Gasteiger partial charge in [-0.3, -0.25) is 9.69 Å². The third-order valence-corrected chi connectivity index (χ3v) is 5.03. The average Bonchev–Trinajstić information content (AvgIpc) is 3.09. The Morgan fingerprint density at radius 1 is 1.09 bits per heavy atom. The Labute approximate surface area is 136 Å². The first-order valence-electron chi connectivity index (χ1n) is 8.58. The van der Waals surface area contributed by atoms with Crippen LogP contribution in [0.3, 0.4) is 0 Å². The van der Waals surface area contributed by atoms with Gasteiger partial charge in [-0.05, 0) is 19.8 Å². The molecular weight excluding hydrogens is 292 g/mol. The van der Waals surface area contributed by atoms with E-state index < -0.39 is 0 Å². The largest absolute Gasteiger partial charge is 0.353 e. The van der Waals surface area contributed by atoms with Crippen LogP contribution in [0, 0.1) is 6.92 Å². The van der Waals surface area contributed by atoms with Crippen LogP contribution in [-0.4, -0.2) is 72.6 Å². The van der Waals surface area contributed by atoms with Gasteiger partial charge < -0.3 is 15.1 Å². The molecule has 0 spiro atoms. The molecule has 7 nitrogen and oxygen atoms in total. The summed E-state index contributed by atoms with van der Waals surface area (Å²) in [6.07, 6.45) is 2.43. The van der Waals surface area contributed by atoms with Crippen LogP contribution in [0.2, 0.25) is 0 Å². The lowest BCUT2D eigenvalue weighted by Gasteiger charge is -2.43. The van der Waals surface area contributed by atoms with Crippen LogP contribution in [0.15, 0.2) is 6.07 Å². The molecule has 0 aromatic carbocycles. The van der Waals surface area contributed by atoms with Crippen molar-refractivity contribution >= 4 is 17.7 Å². The molecular formula is C16H24N6O. The summed E-state index contributed by atoms with van der Waals surface area (Å²) in [5.74, 6) is 1.94. The molecule has 0 unspecified atom stereocenters. The minimum absolute atomic E-state index is 0.0528. The zero-order valence-electron chi connectivity index (χ0n) is 13.7. The zero-order valence-corrected chi connectivity index (χ0v) is 13.7. The van der Waals surface area contributed by atoms with Gasteiger partial charge in [0.2, 0.25) is 11.9 Å². The Balaban J connectivity index is 1.56. The van der Waals surface area contributed by atoms with Crippen molar-refractivity contribution in [3.63, 3.8) is 0 Å². The van der Waals surface area contributed by atoms with Crippen molar-refractivity contribution in [2.24, 2.45) is 0 Å². The smallest absolute Gasteiger partial charge is 0.239 e. The number of aryl methyl sites for hydroxylation is 1. The molecule has 124 valence electrons. The first-order valence-corrected chi connectivity index (χ1v) is 8.58. The van der Waals surface area contributed by atoms with E-state index in [-0.39, 0.29) is 11.9 Å². The van der Waals surface area contributed by atoms with Crippen LogP contribution in [0.5, 0.6) is 0 Å². The molecule has 0 saturated carbocycles. The molecule has 3 aliphatic heterocycles. The fourth-order valence-electron chi connectivity index (χ4n) is 3.74. The van der Waals surface area contributed by atoms with Gasteiger partial charge >= 0.3 is 0 Å². The summed E-state index contributed by atoms with van der Waals surface area (Å²) in [7, 11) is 0. The zero-order chi connectivity index (χ0) is 15.8. The minimum atomic E-state index is -0.0528. The SMILES string of the molecule is Cc1cc(N2CCN3CCNC(=O)[C@H]3C2)nc(N2CCCC2)n1. The third-order valence-electron chi connectivity index (χ3n) is 5.03. The van der Waals surface area contributed by atoms with E-state index in [1.54, 1.807) is 0 Å². The van der Waals surface area contributed by atoms with Crippen LogP contribution in [0.4, 0.5) is 11.8 Å². The van der Waals surface area contributed by atoms with E-state index in [0.29, 0.717) is 6.54 Å². The van der Waals surface area contributed by atoms with Gasteiger partial charge in [0.25, 0.3) is 0 Å². The molecule has 1 N–H and O–H groups in total. The summed E-state index contributed by atoms with van der Waals surface area (Å²) in [4.78, 5) is 28.3. The van der Waals surface area contributed by atoms with Crippen LogP contribution < -0.4 is 15.1 Å². The number of aromatic nitrogens is 2. The Morgan fingerprint density at radius 3 is 2.74 bits per heavy atom. The number of hydrogen-bond donors (Lipinski definition) is 1. The van der Waals surface area contributed by atoms with Crippen molar-refractivity contribution < 1.29 is 4.79 Å². The minimum Gasteiger partial charge on any atom is -0.353 e. The first kappa shape index (κ1) is 14.7. The molecule has 1 aromatic heterocycles. The third kappa shape index (κ3) is 2.85. The predicted octanol–water partition coefficient (Wildman–Crippen LogP) is 0.00562. The second-order valence-electron chi connectivity index (χ2n) is 6.65. The van der Waals surface area contributed by atoms with Crippen molar-refractivity contribution in [1.82, 2.24) is 20.2 Å². The normalized spacial score (nSPS) is 25.4. The molecule has 1 aromatic rings. The van der Waals surface area contributed by atoms with Crippen LogP contribution in [0.25, 0.3) is 0 Å². The predicted molar refractivity (Wildman–Crippen MR) is 88.8 cm³/mol. The van der Waals surface area contributed by atoms with Gasteiger partial charge in [-0.25, -0.2) is 4.98 Å². The molecule has 3 fully saturated rings. The summed E-state index contributed by atoms with van der Waals surface area (Å²) in [5, 5.41) is 2.97. The Hall–Kier alpha value is -1.89. The molecule has 4 heterocycles. The maximum atomic E-state index is 12.1. The lowest BCUT2D eigenvalue weighted by Crippen LogP contribution is -2.64. The van der Waals surface area contributed by atoms with Gasteiger partial charge in [-0.2, -0.15) is 4.98 Å². The highest BCUT2D eigenvalue weighted by Crippen LogP contribution is 2.23. The number of nitrogens with one attached hydrogen (secondary N) is 1. The summed E-state index contributed by atoms with van der Waals surface area (Å²) in [5.41, 5.74) is 0.993. The van der Waals surface area contributed by atoms with Crippen LogP contribution >= 0.6 is 0 Å². The van der Waals surface area contributed by atoms with E-state index in [0.717, 1.165) is 56.7 Å². The highest BCUT2D eigenvalue weighted by molar-refractivity contribution is 5.83. The van der Waals surface area contributed by atoms with Crippen LogP contribution in [0.1, 0.15) is 18.5 Å². The summed E-state index contributed by atoms with van der Waals surface area (Å²) in [6, 6.07) is 1.98. The number of fused-ring (bicyclic) bond motifs is 1. The molecule has 0 radical (unpaired) electrons. The number of piperazine rings is 2. The fourth-order valence-corrected chi connectivity index (χ4v) is 3.74. The molecule has 0 bridgehead atoms. The standard InChI is InChI=1S/C16H24N6O/c1-12-10-14(19-16(18-12)21-5-2-3-6-21)22-9-8-20-7-4-17-15(23)13(20)11-22/h10,13H,2-9,11H2,1H3,(H,17,23)/t13-/m1/s1. The topological polar surface area (TPSA) is 64.6 Å². The summed E-state index contributed by atoms with van der Waals surface area (Å²) in [6.45, 7) is 8.37. The van der Waals surface area contributed by atoms with Gasteiger partial charge in [0, 0.05) is 57.6 Å². The number of nitrogens with zero attached hydrogens (tertiary/aromatic N) is 5. The van der Waals surface area contributed by atoms with Gasteiger partial charge in [0.1, 0.15) is 11.9 Å². The number of hydrogen-bond acceptors (Lipinski definition) is 6. The maximum Gasteiger partial charge on any atom is 0.239 e. The highest BCUT2D eigenvalue weighted by Gasteiger charge is 2.35. The van der Waals surface area contributed by atoms with Gasteiger partial charge in [0.15, 0.2) is 0 Å². The molecule has 0 aliphatic carbocycles.